The third-order valence-electron chi connectivity index (χ3n) is 5.12. The van der Waals surface area contributed by atoms with Crippen molar-refractivity contribution in [3.8, 4) is 17.0 Å². The van der Waals surface area contributed by atoms with Gasteiger partial charge in [-0.2, -0.15) is 0 Å². The van der Waals surface area contributed by atoms with Crippen molar-refractivity contribution < 1.29 is 13.2 Å². The van der Waals surface area contributed by atoms with Gasteiger partial charge in [-0.25, -0.2) is 23.1 Å². The second kappa shape index (κ2) is 8.31. The molecule has 3 aromatic rings. The van der Waals surface area contributed by atoms with Crippen LogP contribution >= 0.6 is 0 Å². The lowest BCUT2D eigenvalue weighted by Crippen LogP contribution is -2.26. The largest absolute Gasteiger partial charge is 0.497 e. The van der Waals surface area contributed by atoms with Crippen LogP contribution in [-0.2, 0) is 16.6 Å². The van der Waals surface area contributed by atoms with E-state index in [-0.39, 0.29) is 6.54 Å². The van der Waals surface area contributed by atoms with E-state index in [9.17, 15) is 8.42 Å². The minimum Gasteiger partial charge on any atom is -0.497 e. The molecule has 1 aromatic heterocycles. The third kappa shape index (κ3) is 4.46. The van der Waals surface area contributed by atoms with Crippen LogP contribution in [0.3, 0.4) is 0 Å². The highest BCUT2D eigenvalue weighted by atomic mass is 32.2. The van der Waals surface area contributed by atoms with E-state index in [1.165, 1.54) is 6.33 Å². The highest BCUT2D eigenvalue weighted by Crippen LogP contribution is 2.26. The van der Waals surface area contributed by atoms with Gasteiger partial charge in [-0.1, -0.05) is 6.07 Å². The minimum atomic E-state index is -3.68. The summed E-state index contributed by atoms with van der Waals surface area (Å²) in [6, 6.07) is 11.3. The Morgan fingerprint density at radius 2 is 1.55 bits per heavy atom. The lowest BCUT2D eigenvalue weighted by atomic mass is 10.0. The van der Waals surface area contributed by atoms with Crippen molar-refractivity contribution in [2.24, 2.45) is 0 Å². The smallest absolute Gasteiger partial charge is 0.241 e. The molecule has 0 aliphatic carbocycles. The van der Waals surface area contributed by atoms with E-state index in [0.717, 1.165) is 39.3 Å². The number of methoxy groups -OCH3 is 1. The summed E-state index contributed by atoms with van der Waals surface area (Å²) in [5.41, 5.74) is 5.65. The first kappa shape index (κ1) is 21.0. The van der Waals surface area contributed by atoms with Gasteiger partial charge in [0.25, 0.3) is 0 Å². The maximum atomic E-state index is 13.0. The van der Waals surface area contributed by atoms with Crippen LogP contribution in [0, 0.1) is 27.7 Å². The highest BCUT2D eigenvalue weighted by molar-refractivity contribution is 7.89. The zero-order valence-corrected chi connectivity index (χ0v) is 18.1. The second-order valence-electron chi connectivity index (χ2n) is 7.04. The van der Waals surface area contributed by atoms with E-state index >= 15 is 0 Å². The van der Waals surface area contributed by atoms with Gasteiger partial charge in [-0.05, 0) is 80.3 Å². The average molecular weight is 412 g/mol. The molecule has 1 N–H and O–H groups in total. The summed E-state index contributed by atoms with van der Waals surface area (Å²) in [5.74, 6) is 0.759. The number of benzene rings is 2. The summed E-state index contributed by atoms with van der Waals surface area (Å²) >= 11 is 0. The molecule has 29 heavy (non-hydrogen) atoms. The van der Waals surface area contributed by atoms with Gasteiger partial charge in [0.15, 0.2) is 0 Å². The van der Waals surface area contributed by atoms with Crippen molar-refractivity contribution >= 4 is 10.0 Å². The fraction of sp³-hybridized carbons (Fsp3) is 0.273. The number of hydrogen-bond donors (Lipinski definition) is 1. The molecule has 0 radical (unpaired) electrons. The zero-order chi connectivity index (χ0) is 21.2. The van der Waals surface area contributed by atoms with Gasteiger partial charge in [0.1, 0.15) is 12.1 Å². The molecule has 0 aliphatic rings. The van der Waals surface area contributed by atoms with Gasteiger partial charge in [0, 0.05) is 5.56 Å². The van der Waals surface area contributed by atoms with Crippen LogP contribution in [-0.4, -0.2) is 25.5 Å². The van der Waals surface area contributed by atoms with Crippen molar-refractivity contribution in [3.05, 3.63) is 70.7 Å². The summed E-state index contributed by atoms with van der Waals surface area (Å²) in [4.78, 5) is 8.85. The summed E-state index contributed by atoms with van der Waals surface area (Å²) in [6.07, 6.45) is 1.44. The van der Waals surface area contributed by atoms with Crippen LogP contribution in [0.5, 0.6) is 5.75 Å². The molecule has 3 rings (SSSR count). The first-order valence-electron chi connectivity index (χ1n) is 9.25. The number of rotatable bonds is 6. The second-order valence-corrected chi connectivity index (χ2v) is 8.74. The van der Waals surface area contributed by atoms with Gasteiger partial charge < -0.3 is 4.74 Å². The first-order chi connectivity index (χ1) is 13.7. The molecular weight excluding hydrogens is 386 g/mol. The van der Waals surface area contributed by atoms with Crippen LogP contribution < -0.4 is 9.46 Å². The first-order valence-corrected chi connectivity index (χ1v) is 10.7. The predicted octanol–water partition coefficient (Wildman–Crippen LogP) is 3.86. The molecule has 0 saturated carbocycles. The van der Waals surface area contributed by atoms with Crippen molar-refractivity contribution in [1.82, 2.24) is 14.7 Å². The molecule has 152 valence electrons. The lowest BCUT2D eigenvalue weighted by molar-refractivity contribution is 0.415. The van der Waals surface area contributed by atoms with Crippen molar-refractivity contribution in [3.63, 3.8) is 0 Å². The van der Waals surface area contributed by atoms with E-state index in [1.807, 2.05) is 58.0 Å². The van der Waals surface area contributed by atoms with Gasteiger partial charge in [0.2, 0.25) is 10.0 Å². The summed E-state index contributed by atoms with van der Waals surface area (Å²) in [7, 11) is -2.06. The Balaban J connectivity index is 1.85. The van der Waals surface area contributed by atoms with Crippen LogP contribution in [0.2, 0.25) is 0 Å². The number of aryl methyl sites for hydroxylation is 2. The Morgan fingerprint density at radius 1 is 0.931 bits per heavy atom. The fourth-order valence-electron chi connectivity index (χ4n) is 3.24. The van der Waals surface area contributed by atoms with E-state index in [4.69, 9.17) is 4.74 Å². The predicted molar refractivity (Wildman–Crippen MR) is 113 cm³/mol. The number of aromatic nitrogens is 2. The summed E-state index contributed by atoms with van der Waals surface area (Å²) in [5, 5.41) is 0. The van der Waals surface area contributed by atoms with E-state index in [1.54, 1.807) is 13.2 Å². The van der Waals surface area contributed by atoms with Gasteiger partial charge in [-0.15, -0.1) is 0 Å². The number of nitrogens with zero attached hydrogens (tertiary/aromatic N) is 2. The number of sulfonamides is 1. The maximum Gasteiger partial charge on any atom is 0.241 e. The Labute approximate surface area is 172 Å². The van der Waals surface area contributed by atoms with Crippen LogP contribution in [0.1, 0.15) is 27.9 Å². The quantitative estimate of drug-likeness (QED) is 0.666. The average Bonchev–Trinajstić information content (AvgIpc) is 2.71. The highest BCUT2D eigenvalue weighted by Gasteiger charge is 2.22. The number of nitrogens with one attached hydrogen (secondary N) is 1. The van der Waals surface area contributed by atoms with Crippen molar-refractivity contribution in [2.75, 3.05) is 7.11 Å². The van der Waals surface area contributed by atoms with Crippen molar-refractivity contribution in [1.29, 1.82) is 0 Å². The SMILES string of the molecule is COc1ccc(-c2cc(CNS(=O)(=O)c3c(C)c(C)cc(C)c3C)ncn2)cc1. The lowest BCUT2D eigenvalue weighted by Gasteiger charge is -2.16. The van der Waals surface area contributed by atoms with Crippen LogP contribution in [0.15, 0.2) is 47.6 Å². The topological polar surface area (TPSA) is 81.2 Å². The molecule has 7 heteroatoms. The van der Waals surface area contributed by atoms with Gasteiger partial charge in [-0.3, -0.25) is 0 Å². The number of hydrogen-bond acceptors (Lipinski definition) is 5. The van der Waals surface area contributed by atoms with Gasteiger partial charge in [0.05, 0.1) is 29.9 Å². The van der Waals surface area contributed by atoms with Crippen molar-refractivity contribution in [2.45, 2.75) is 39.1 Å². The standard InChI is InChI=1S/C22H25N3O3S/c1-14-10-15(2)17(4)22(16(14)3)29(26,27)25-12-19-11-21(24-13-23-19)18-6-8-20(28-5)9-7-18/h6-11,13,25H,12H2,1-5H3. The Hall–Kier alpha value is -2.77. The maximum absolute atomic E-state index is 13.0. The summed E-state index contributed by atoms with van der Waals surface area (Å²) < 4.78 is 33.9. The summed E-state index contributed by atoms with van der Waals surface area (Å²) in [6.45, 7) is 7.60. The molecule has 0 saturated heterocycles. The monoisotopic (exact) mass is 411 g/mol. The molecule has 0 bridgehead atoms. The molecule has 0 amide bonds. The Kier molecular flexibility index (Phi) is 6.00. The number of ether oxygens (including phenoxy) is 1. The minimum absolute atomic E-state index is 0.0832. The molecule has 0 aliphatic heterocycles. The molecular formula is C22H25N3O3S. The molecule has 2 aromatic carbocycles. The molecule has 0 spiro atoms. The molecule has 6 nitrogen and oxygen atoms in total. The van der Waals surface area contributed by atoms with E-state index in [2.05, 4.69) is 14.7 Å². The zero-order valence-electron chi connectivity index (χ0n) is 17.3. The fourth-order valence-corrected chi connectivity index (χ4v) is 4.85. The molecule has 0 fully saturated rings. The van der Waals surface area contributed by atoms with E-state index in [0.29, 0.717) is 10.6 Å². The van der Waals surface area contributed by atoms with Crippen LogP contribution in [0.4, 0.5) is 0 Å². The van der Waals surface area contributed by atoms with E-state index < -0.39 is 10.0 Å². The molecule has 0 atom stereocenters. The normalized spacial score (nSPS) is 11.5. The third-order valence-corrected chi connectivity index (χ3v) is 6.79. The Bertz CT molecular complexity index is 1110. The Morgan fingerprint density at radius 3 is 2.14 bits per heavy atom. The molecule has 1 heterocycles. The molecule has 0 unspecified atom stereocenters. The van der Waals surface area contributed by atoms with Gasteiger partial charge >= 0.3 is 0 Å². The van der Waals surface area contributed by atoms with Crippen LogP contribution in [0.25, 0.3) is 11.3 Å².